The van der Waals surface area contributed by atoms with E-state index in [2.05, 4.69) is 12.2 Å². The van der Waals surface area contributed by atoms with E-state index in [4.69, 9.17) is 19.2 Å². The number of fused-ring (bicyclic) bond motifs is 2. The first-order valence-electron chi connectivity index (χ1n) is 10.2. The lowest BCUT2D eigenvalue weighted by Gasteiger charge is -2.16. The molecule has 0 fully saturated rings. The van der Waals surface area contributed by atoms with Gasteiger partial charge in [0, 0.05) is 35.8 Å². The van der Waals surface area contributed by atoms with Gasteiger partial charge in [-0.1, -0.05) is 20.8 Å². The topological polar surface area (TPSA) is 83.1 Å². The smallest absolute Gasteiger partial charge is 0.311 e. The molecule has 0 bridgehead atoms. The Morgan fingerprint density at radius 3 is 2.31 bits per heavy atom. The summed E-state index contributed by atoms with van der Waals surface area (Å²) in [6.45, 7) is 6.82. The van der Waals surface area contributed by atoms with Gasteiger partial charge < -0.3 is 19.7 Å². The Labute approximate surface area is 170 Å². The first-order chi connectivity index (χ1) is 14.1. The van der Waals surface area contributed by atoms with Gasteiger partial charge >= 0.3 is 11.9 Å². The van der Waals surface area contributed by atoms with Crippen molar-refractivity contribution in [3.8, 4) is 17.2 Å². The van der Waals surface area contributed by atoms with Crippen LogP contribution in [-0.2, 0) is 21.1 Å². The number of carbonyl (C=O) groups excluding carboxylic acids is 2. The molecule has 0 aliphatic carbocycles. The number of esters is 2. The van der Waals surface area contributed by atoms with Crippen molar-refractivity contribution in [2.75, 3.05) is 11.9 Å². The molecule has 0 spiro atoms. The number of carbonyl (C=O) groups is 2. The van der Waals surface area contributed by atoms with Gasteiger partial charge in [-0.15, -0.1) is 0 Å². The monoisotopic (exact) mass is 401 g/mol. The van der Waals surface area contributed by atoms with Gasteiger partial charge in [0.05, 0.1) is 5.56 Å². The van der Waals surface area contributed by atoms with E-state index in [1.165, 1.54) is 0 Å². The Morgan fingerprint density at radius 1 is 0.966 bits per heavy atom. The maximum atomic E-state index is 12.3. The van der Waals surface area contributed by atoms with Gasteiger partial charge in [-0.25, -0.2) is 0 Å². The molecule has 0 radical (unpaired) electrons. The maximum Gasteiger partial charge on any atom is 0.311 e. The van der Waals surface area contributed by atoms with Crippen molar-refractivity contribution in [1.82, 2.24) is 0 Å². The van der Waals surface area contributed by atoms with Crippen molar-refractivity contribution >= 4 is 28.4 Å². The fourth-order valence-corrected chi connectivity index (χ4v) is 3.16. The molecule has 1 aliphatic rings. The molecule has 2 aromatic rings. The molecule has 7 nitrogen and oxygen atoms in total. The van der Waals surface area contributed by atoms with Crippen LogP contribution in [0.15, 0.2) is 18.2 Å². The lowest BCUT2D eigenvalue weighted by Crippen LogP contribution is -2.11. The van der Waals surface area contributed by atoms with E-state index in [0.717, 1.165) is 18.7 Å². The summed E-state index contributed by atoms with van der Waals surface area (Å²) in [5, 5.41) is 4.62. The highest BCUT2D eigenvalue weighted by atomic mass is 17.2. The molecule has 2 aromatic carbocycles. The van der Waals surface area contributed by atoms with E-state index in [1.807, 2.05) is 32.0 Å². The molecule has 0 amide bonds. The minimum atomic E-state index is -0.351. The lowest BCUT2D eigenvalue weighted by molar-refractivity contribution is -0.195. The highest BCUT2D eigenvalue weighted by Crippen LogP contribution is 2.49. The van der Waals surface area contributed by atoms with Crippen molar-refractivity contribution in [2.24, 2.45) is 0 Å². The highest BCUT2D eigenvalue weighted by molar-refractivity contribution is 6.01. The lowest BCUT2D eigenvalue weighted by atomic mass is 10.0. The van der Waals surface area contributed by atoms with Crippen LogP contribution in [0.3, 0.4) is 0 Å². The third-order valence-corrected chi connectivity index (χ3v) is 4.53. The van der Waals surface area contributed by atoms with Crippen molar-refractivity contribution < 1.29 is 28.8 Å². The summed E-state index contributed by atoms with van der Waals surface area (Å²) in [7, 11) is 0. The zero-order chi connectivity index (χ0) is 20.8. The van der Waals surface area contributed by atoms with Crippen LogP contribution in [0.5, 0.6) is 17.2 Å². The predicted molar refractivity (Wildman–Crippen MR) is 109 cm³/mol. The number of ether oxygens (including phenoxy) is 2. The normalized spacial score (nSPS) is 12.4. The second-order valence-electron chi connectivity index (χ2n) is 6.95. The Morgan fingerprint density at radius 2 is 1.66 bits per heavy atom. The van der Waals surface area contributed by atoms with Crippen molar-refractivity contribution in [2.45, 2.75) is 59.5 Å². The number of benzene rings is 2. The molecule has 0 aromatic heterocycles. The minimum absolute atomic E-state index is 0.102. The summed E-state index contributed by atoms with van der Waals surface area (Å²) in [5.41, 5.74) is 1.45. The van der Waals surface area contributed by atoms with Crippen LogP contribution in [0.1, 0.15) is 58.4 Å². The number of hydrogen-bond donors (Lipinski definition) is 1. The van der Waals surface area contributed by atoms with Gasteiger partial charge in [-0.2, -0.15) is 4.89 Å². The number of rotatable bonds is 9. The molecule has 156 valence electrons. The van der Waals surface area contributed by atoms with E-state index < -0.39 is 0 Å². The van der Waals surface area contributed by atoms with Crippen LogP contribution in [-0.4, -0.2) is 18.5 Å². The molecule has 0 atom stereocenters. The minimum Gasteiger partial charge on any atom is -0.425 e. The quantitative estimate of drug-likeness (QED) is 0.364. The van der Waals surface area contributed by atoms with E-state index in [1.54, 1.807) is 0 Å². The van der Waals surface area contributed by atoms with E-state index in [0.29, 0.717) is 53.5 Å². The van der Waals surface area contributed by atoms with Gasteiger partial charge in [-0.05, 0) is 37.5 Å². The highest BCUT2D eigenvalue weighted by Gasteiger charge is 2.31. The molecule has 0 unspecified atom stereocenters. The molecule has 0 saturated heterocycles. The molecule has 1 aliphatic heterocycles. The van der Waals surface area contributed by atoms with Crippen LogP contribution in [0.2, 0.25) is 0 Å². The van der Waals surface area contributed by atoms with E-state index in [9.17, 15) is 9.59 Å². The number of hydrogen-bond acceptors (Lipinski definition) is 7. The molecule has 3 rings (SSSR count). The Hall–Kier alpha value is -2.80. The molecule has 1 heterocycles. The second kappa shape index (κ2) is 9.60. The Balaban J connectivity index is 2.16. The zero-order valence-corrected chi connectivity index (χ0v) is 17.1. The van der Waals surface area contributed by atoms with E-state index in [-0.39, 0.29) is 24.3 Å². The largest absolute Gasteiger partial charge is 0.425 e. The van der Waals surface area contributed by atoms with Gasteiger partial charge in [0.2, 0.25) is 5.75 Å². The van der Waals surface area contributed by atoms with Gasteiger partial charge in [0.15, 0.2) is 5.75 Å². The number of nitrogens with one attached hydrogen (secondary N) is 1. The third-order valence-electron chi connectivity index (χ3n) is 4.53. The van der Waals surface area contributed by atoms with Crippen molar-refractivity contribution in [1.29, 1.82) is 0 Å². The van der Waals surface area contributed by atoms with Gasteiger partial charge in [0.25, 0.3) is 0 Å². The van der Waals surface area contributed by atoms with Gasteiger partial charge in [0.1, 0.15) is 12.4 Å². The second-order valence-corrected chi connectivity index (χ2v) is 6.95. The molecular weight excluding hydrogens is 374 g/mol. The number of anilines is 1. The standard InChI is InChI=1S/C22H27NO6/c1-4-7-18(24)27-20-16-12-14(23-11-6-3)9-10-15(16)21(28-19(25)8-5-2)22-17(20)13-26-29-22/h9-10,12,23H,4-8,11,13H2,1-3H3. The zero-order valence-electron chi connectivity index (χ0n) is 17.1. The summed E-state index contributed by atoms with van der Waals surface area (Å²) in [5.74, 6) is 0.293. The summed E-state index contributed by atoms with van der Waals surface area (Å²) < 4.78 is 11.3. The molecule has 7 heteroatoms. The molecular formula is C22H27NO6. The fourth-order valence-electron chi connectivity index (χ4n) is 3.16. The van der Waals surface area contributed by atoms with Crippen LogP contribution >= 0.6 is 0 Å². The Kier molecular flexibility index (Phi) is 6.93. The first kappa shape index (κ1) is 20.9. The van der Waals surface area contributed by atoms with Crippen molar-refractivity contribution in [3.05, 3.63) is 23.8 Å². The summed E-state index contributed by atoms with van der Waals surface area (Å²) in [6, 6.07) is 5.63. The fraction of sp³-hybridized carbons (Fsp3) is 0.455. The SMILES string of the molecule is CCCNc1ccc2c(OC(=O)CCC)c3c(c(OC(=O)CCC)c2c1)COO3. The Bertz CT molecular complexity index is 908. The van der Waals surface area contributed by atoms with Crippen LogP contribution in [0.4, 0.5) is 5.69 Å². The molecule has 0 saturated carbocycles. The van der Waals surface area contributed by atoms with Crippen LogP contribution < -0.4 is 19.7 Å². The van der Waals surface area contributed by atoms with Crippen LogP contribution in [0, 0.1) is 0 Å². The first-order valence-corrected chi connectivity index (χ1v) is 10.2. The maximum absolute atomic E-state index is 12.3. The molecule has 29 heavy (non-hydrogen) atoms. The molecule has 1 N–H and O–H groups in total. The summed E-state index contributed by atoms with van der Waals surface area (Å²) in [4.78, 5) is 34.9. The van der Waals surface area contributed by atoms with Crippen molar-refractivity contribution in [3.63, 3.8) is 0 Å². The average Bonchev–Trinajstić information content (AvgIpc) is 3.19. The van der Waals surface area contributed by atoms with E-state index >= 15 is 0 Å². The third kappa shape index (κ3) is 4.62. The summed E-state index contributed by atoms with van der Waals surface area (Å²) in [6.07, 6.45) is 2.93. The van der Waals surface area contributed by atoms with Gasteiger partial charge in [-0.3, -0.25) is 9.59 Å². The summed E-state index contributed by atoms with van der Waals surface area (Å²) >= 11 is 0. The average molecular weight is 401 g/mol. The predicted octanol–water partition coefficient (Wildman–Crippen LogP) is 4.90. The van der Waals surface area contributed by atoms with Crippen LogP contribution in [0.25, 0.3) is 10.8 Å².